The standard InChI is InChI=1S/C14H23N3O3S/c1-11-10-20-12(2)9-17(11)21(18,19)16-8-14(15)13-6-4-3-5-7-13/h3-7,11-12,14,16H,8-10,15H2,1-2H3/t11-,12+,14+/m0/s1. The molecule has 0 saturated carbocycles. The maximum absolute atomic E-state index is 12.4. The lowest BCUT2D eigenvalue weighted by molar-refractivity contribution is -0.0175. The molecule has 0 unspecified atom stereocenters. The van der Waals surface area contributed by atoms with Crippen molar-refractivity contribution >= 4 is 10.2 Å². The van der Waals surface area contributed by atoms with E-state index >= 15 is 0 Å². The molecule has 1 fully saturated rings. The summed E-state index contributed by atoms with van der Waals surface area (Å²) in [7, 11) is -3.55. The SMILES string of the molecule is C[C@@H]1CN(S(=O)(=O)NC[C@@H](N)c2ccccc2)[C@@H](C)CO1. The largest absolute Gasteiger partial charge is 0.375 e. The highest BCUT2D eigenvalue weighted by atomic mass is 32.2. The molecule has 3 N–H and O–H groups in total. The van der Waals surface area contributed by atoms with Gasteiger partial charge < -0.3 is 10.5 Å². The highest BCUT2D eigenvalue weighted by molar-refractivity contribution is 7.87. The van der Waals surface area contributed by atoms with Gasteiger partial charge in [0.05, 0.1) is 12.7 Å². The van der Waals surface area contributed by atoms with Gasteiger partial charge in [-0.15, -0.1) is 0 Å². The van der Waals surface area contributed by atoms with Crippen LogP contribution >= 0.6 is 0 Å². The molecule has 0 aliphatic carbocycles. The number of nitrogens with one attached hydrogen (secondary N) is 1. The molecule has 0 amide bonds. The summed E-state index contributed by atoms with van der Waals surface area (Å²) in [5, 5.41) is 0. The second kappa shape index (κ2) is 6.85. The molecule has 3 atom stereocenters. The predicted molar refractivity (Wildman–Crippen MR) is 81.9 cm³/mol. The fourth-order valence-corrected chi connectivity index (χ4v) is 3.80. The zero-order valence-electron chi connectivity index (χ0n) is 12.4. The van der Waals surface area contributed by atoms with Crippen LogP contribution in [0.5, 0.6) is 0 Å². The molecule has 7 heteroatoms. The van der Waals surface area contributed by atoms with E-state index in [2.05, 4.69) is 4.72 Å². The van der Waals surface area contributed by atoms with Gasteiger partial charge >= 0.3 is 0 Å². The van der Waals surface area contributed by atoms with E-state index < -0.39 is 10.2 Å². The van der Waals surface area contributed by atoms with Gasteiger partial charge in [-0.05, 0) is 19.4 Å². The summed E-state index contributed by atoms with van der Waals surface area (Å²) in [5.41, 5.74) is 6.93. The van der Waals surface area contributed by atoms with Gasteiger partial charge in [0.1, 0.15) is 0 Å². The Bertz CT molecular complexity index is 550. The van der Waals surface area contributed by atoms with Crippen molar-refractivity contribution in [3.8, 4) is 0 Å². The van der Waals surface area contributed by atoms with Gasteiger partial charge in [-0.25, -0.2) is 4.72 Å². The molecule has 6 nitrogen and oxygen atoms in total. The lowest BCUT2D eigenvalue weighted by Crippen LogP contribution is -2.54. The molecule has 1 saturated heterocycles. The van der Waals surface area contributed by atoms with Crippen LogP contribution in [0.3, 0.4) is 0 Å². The fraction of sp³-hybridized carbons (Fsp3) is 0.571. The topological polar surface area (TPSA) is 84.7 Å². The Morgan fingerprint density at radius 1 is 1.38 bits per heavy atom. The third-order valence-corrected chi connectivity index (χ3v) is 5.23. The summed E-state index contributed by atoms with van der Waals surface area (Å²) < 4.78 is 34.3. The van der Waals surface area contributed by atoms with Crippen LogP contribution in [0, 0.1) is 0 Å². The maximum atomic E-state index is 12.4. The fourth-order valence-electron chi connectivity index (χ4n) is 2.30. The highest BCUT2D eigenvalue weighted by Gasteiger charge is 2.32. The van der Waals surface area contributed by atoms with Crippen LogP contribution in [0.4, 0.5) is 0 Å². The Kier molecular flexibility index (Phi) is 5.34. The van der Waals surface area contributed by atoms with Crippen molar-refractivity contribution in [2.24, 2.45) is 5.73 Å². The smallest absolute Gasteiger partial charge is 0.279 e. The Morgan fingerprint density at radius 2 is 2.05 bits per heavy atom. The molecule has 1 aromatic carbocycles. The Labute approximate surface area is 126 Å². The van der Waals surface area contributed by atoms with Gasteiger partial charge in [0.2, 0.25) is 0 Å². The molecule has 1 aliphatic rings. The van der Waals surface area contributed by atoms with E-state index in [1.165, 1.54) is 4.31 Å². The third-order valence-electron chi connectivity index (χ3n) is 3.57. The van der Waals surface area contributed by atoms with E-state index in [9.17, 15) is 8.42 Å². The van der Waals surface area contributed by atoms with Gasteiger partial charge in [-0.1, -0.05) is 30.3 Å². The van der Waals surface area contributed by atoms with E-state index in [-0.39, 0.29) is 24.7 Å². The first kappa shape index (κ1) is 16.4. The van der Waals surface area contributed by atoms with E-state index in [4.69, 9.17) is 10.5 Å². The van der Waals surface area contributed by atoms with Gasteiger partial charge in [-0.3, -0.25) is 0 Å². The number of hydrogen-bond donors (Lipinski definition) is 2. The molecule has 1 aromatic rings. The third kappa shape index (κ3) is 4.24. The van der Waals surface area contributed by atoms with Crippen LogP contribution in [0.25, 0.3) is 0 Å². The Hall–Kier alpha value is -0.990. The molecule has 0 radical (unpaired) electrons. The first-order valence-electron chi connectivity index (χ1n) is 7.08. The first-order valence-corrected chi connectivity index (χ1v) is 8.52. The van der Waals surface area contributed by atoms with Crippen LogP contribution in [0.2, 0.25) is 0 Å². The zero-order chi connectivity index (χ0) is 15.5. The summed E-state index contributed by atoms with van der Waals surface area (Å²) in [4.78, 5) is 0. The number of benzene rings is 1. The number of nitrogens with two attached hydrogens (primary N) is 1. The van der Waals surface area contributed by atoms with Gasteiger partial charge in [0, 0.05) is 25.2 Å². The summed E-state index contributed by atoms with van der Waals surface area (Å²) in [6.07, 6.45) is -0.0967. The number of hydrogen-bond acceptors (Lipinski definition) is 4. The monoisotopic (exact) mass is 313 g/mol. The van der Waals surface area contributed by atoms with E-state index in [1.807, 2.05) is 44.2 Å². The summed E-state index contributed by atoms with van der Waals surface area (Å²) in [5.74, 6) is 0. The average Bonchev–Trinajstić information content (AvgIpc) is 2.48. The van der Waals surface area contributed by atoms with Crippen LogP contribution < -0.4 is 10.5 Å². The van der Waals surface area contributed by atoms with Crippen molar-refractivity contribution in [1.29, 1.82) is 0 Å². The van der Waals surface area contributed by atoms with Crippen LogP contribution in [-0.2, 0) is 14.9 Å². The lowest BCUT2D eigenvalue weighted by Gasteiger charge is -2.35. The lowest BCUT2D eigenvalue weighted by atomic mass is 10.1. The van der Waals surface area contributed by atoms with Crippen molar-refractivity contribution in [2.75, 3.05) is 19.7 Å². The molecule has 0 spiro atoms. The predicted octanol–water partition coefficient (Wildman–Crippen LogP) is 0.630. The molecule has 21 heavy (non-hydrogen) atoms. The highest BCUT2D eigenvalue weighted by Crippen LogP contribution is 2.15. The number of rotatable bonds is 5. The molecular weight excluding hydrogens is 290 g/mol. The molecule has 118 valence electrons. The van der Waals surface area contributed by atoms with Crippen molar-refractivity contribution in [3.05, 3.63) is 35.9 Å². The molecule has 0 bridgehead atoms. The minimum Gasteiger partial charge on any atom is -0.375 e. The van der Waals surface area contributed by atoms with Gasteiger partial charge in [-0.2, -0.15) is 12.7 Å². The van der Waals surface area contributed by atoms with Gasteiger partial charge in [0.25, 0.3) is 10.2 Å². The molecule has 1 heterocycles. The second-order valence-corrected chi connectivity index (χ2v) is 7.14. The van der Waals surface area contributed by atoms with Crippen molar-refractivity contribution in [3.63, 3.8) is 0 Å². The summed E-state index contributed by atoms with van der Waals surface area (Å²) in [6, 6.07) is 8.90. The molecule has 1 aliphatic heterocycles. The number of morpholine rings is 1. The van der Waals surface area contributed by atoms with Crippen molar-refractivity contribution in [1.82, 2.24) is 9.03 Å². The van der Waals surface area contributed by atoms with Crippen molar-refractivity contribution in [2.45, 2.75) is 32.0 Å². The summed E-state index contributed by atoms with van der Waals surface area (Å²) >= 11 is 0. The average molecular weight is 313 g/mol. The number of nitrogens with zero attached hydrogens (tertiary/aromatic N) is 1. The van der Waals surface area contributed by atoms with Crippen molar-refractivity contribution < 1.29 is 13.2 Å². The van der Waals surface area contributed by atoms with E-state index in [1.54, 1.807) is 0 Å². The Morgan fingerprint density at radius 3 is 2.71 bits per heavy atom. The van der Waals surface area contributed by atoms with E-state index in [0.717, 1.165) is 5.56 Å². The molecule has 0 aromatic heterocycles. The molecular formula is C14H23N3O3S. The zero-order valence-corrected chi connectivity index (χ0v) is 13.2. The van der Waals surface area contributed by atoms with Crippen LogP contribution in [0.1, 0.15) is 25.5 Å². The van der Waals surface area contributed by atoms with Crippen LogP contribution in [0.15, 0.2) is 30.3 Å². The van der Waals surface area contributed by atoms with E-state index in [0.29, 0.717) is 13.2 Å². The summed E-state index contributed by atoms with van der Waals surface area (Å²) in [6.45, 7) is 4.64. The van der Waals surface area contributed by atoms with Crippen LogP contribution in [-0.4, -0.2) is 44.6 Å². The Balaban J connectivity index is 1.98. The maximum Gasteiger partial charge on any atom is 0.279 e. The normalized spacial score (nSPS) is 25.7. The second-order valence-electron chi connectivity index (χ2n) is 5.43. The number of ether oxygens (including phenoxy) is 1. The minimum absolute atomic E-state index is 0.0967. The van der Waals surface area contributed by atoms with Gasteiger partial charge in [0.15, 0.2) is 0 Å². The molecule has 2 rings (SSSR count). The quantitative estimate of drug-likeness (QED) is 0.835. The minimum atomic E-state index is -3.55. The first-order chi connectivity index (χ1) is 9.90.